The summed E-state index contributed by atoms with van der Waals surface area (Å²) in [6.45, 7) is 1.97. The van der Waals surface area contributed by atoms with Crippen LogP contribution in [-0.4, -0.2) is 27.0 Å². The molecule has 5 heteroatoms. The number of sulfone groups is 1. The minimum Gasteiger partial charge on any atom is -0.313 e. The fraction of sp³-hybridized carbons (Fsp3) is 0.625. The third kappa shape index (κ3) is 3.83. The molecule has 1 aliphatic carbocycles. The van der Waals surface area contributed by atoms with Gasteiger partial charge in [0.2, 0.25) is 0 Å². The summed E-state index contributed by atoms with van der Waals surface area (Å²) in [7, 11) is -1.14. The molecule has 0 bridgehead atoms. The molecule has 3 atom stereocenters. The summed E-state index contributed by atoms with van der Waals surface area (Å²) in [5.74, 6) is -0.0182. The highest BCUT2D eigenvalue weighted by molar-refractivity contribution is 7.91. The van der Waals surface area contributed by atoms with Gasteiger partial charge in [-0.3, -0.25) is 0 Å². The molecule has 1 saturated carbocycles. The fourth-order valence-electron chi connectivity index (χ4n) is 3.46. The van der Waals surface area contributed by atoms with Crippen molar-refractivity contribution >= 4 is 9.84 Å². The highest BCUT2D eigenvalue weighted by Gasteiger charge is 2.33. The molecule has 0 heterocycles. The largest absolute Gasteiger partial charge is 0.313 e. The van der Waals surface area contributed by atoms with Crippen LogP contribution in [0.2, 0.25) is 0 Å². The average molecular weight is 313 g/mol. The molecule has 3 nitrogen and oxygen atoms in total. The van der Waals surface area contributed by atoms with Crippen LogP contribution in [0.5, 0.6) is 0 Å². The van der Waals surface area contributed by atoms with Gasteiger partial charge >= 0.3 is 0 Å². The zero-order valence-electron chi connectivity index (χ0n) is 12.9. The molecule has 118 valence electrons. The number of halogens is 1. The summed E-state index contributed by atoms with van der Waals surface area (Å²) >= 11 is 0. The van der Waals surface area contributed by atoms with Crippen molar-refractivity contribution in [3.05, 3.63) is 35.1 Å². The highest BCUT2D eigenvalue weighted by atomic mass is 32.2. The lowest BCUT2D eigenvalue weighted by Gasteiger charge is -2.34. The molecule has 0 amide bonds. The standard InChI is InChI=1S/C16H24FNO2S/c1-11-7-8-13(17)10-15(11)16(18-2)12-5-4-6-14(9-12)21(3,19)20/h7-8,10,12,14,16,18H,4-6,9H2,1-3H3. The van der Waals surface area contributed by atoms with Crippen LogP contribution in [0.15, 0.2) is 18.2 Å². The molecule has 0 saturated heterocycles. The van der Waals surface area contributed by atoms with E-state index in [1.165, 1.54) is 12.3 Å². The van der Waals surface area contributed by atoms with Gasteiger partial charge in [0.25, 0.3) is 0 Å². The van der Waals surface area contributed by atoms with Crippen molar-refractivity contribution in [2.24, 2.45) is 5.92 Å². The van der Waals surface area contributed by atoms with Gasteiger partial charge in [-0.2, -0.15) is 0 Å². The van der Waals surface area contributed by atoms with Gasteiger partial charge in [0.1, 0.15) is 15.7 Å². The van der Waals surface area contributed by atoms with Crippen molar-refractivity contribution in [2.45, 2.75) is 43.9 Å². The summed E-state index contributed by atoms with van der Waals surface area (Å²) in [6.07, 6.45) is 4.61. The second-order valence-electron chi connectivity index (χ2n) is 6.15. The molecular formula is C16H24FNO2S. The van der Waals surface area contributed by atoms with E-state index in [0.29, 0.717) is 6.42 Å². The predicted molar refractivity (Wildman–Crippen MR) is 83.5 cm³/mol. The molecule has 0 spiro atoms. The minimum atomic E-state index is -3.00. The maximum Gasteiger partial charge on any atom is 0.150 e. The van der Waals surface area contributed by atoms with E-state index in [2.05, 4.69) is 5.32 Å². The van der Waals surface area contributed by atoms with Gasteiger partial charge in [0.05, 0.1) is 5.25 Å². The normalized spacial score (nSPS) is 24.8. The molecule has 2 rings (SSSR count). The zero-order valence-corrected chi connectivity index (χ0v) is 13.7. The van der Waals surface area contributed by atoms with Gasteiger partial charge in [-0.15, -0.1) is 0 Å². The van der Waals surface area contributed by atoms with Crippen molar-refractivity contribution in [2.75, 3.05) is 13.3 Å². The molecule has 3 unspecified atom stereocenters. The average Bonchev–Trinajstić information content (AvgIpc) is 2.43. The molecule has 0 radical (unpaired) electrons. The molecule has 0 aliphatic heterocycles. The van der Waals surface area contributed by atoms with Crippen molar-refractivity contribution in [1.82, 2.24) is 5.32 Å². The number of rotatable bonds is 4. The number of nitrogens with one attached hydrogen (secondary N) is 1. The van der Waals surface area contributed by atoms with Crippen LogP contribution in [0.4, 0.5) is 4.39 Å². The van der Waals surface area contributed by atoms with Crippen molar-refractivity contribution in [1.29, 1.82) is 0 Å². The molecular weight excluding hydrogens is 289 g/mol. The van der Waals surface area contributed by atoms with E-state index >= 15 is 0 Å². The van der Waals surface area contributed by atoms with E-state index in [1.54, 1.807) is 12.1 Å². The first-order valence-electron chi connectivity index (χ1n) is 7.45. The number of aryl methyl sites for hydroxylation is 1. The number of hydrogen-bond donors (Lipinski definition) is 1. The third-order valence-electron chi connectivity index (χ3n) is 4.63. The van der Waals surface area contributed by atoms with Crippen molar-refractivity contribution < 1.29 is 12.8 Å². The summed E-state index contributed by atoms with van der Waals surface area (Å²) in [6, 6.07) is 4.82. The Kier molecular flexibility index (Phi) is 5.04. The van der Waals surface area contributed by atoms with Gasteiger partial charge in [-0.25, -0.2) is 12.8 Å². The highest BCUT2D eigenvalue weighted by Crippen LogP contribution is 2.37. The SMILES string of the molecule is CNC(c1cc(F)ccc1C)C1CCCC(S(C)(=O)=O)C1. The van der Waals surface area contributed by atoms with Gasteiger partial charge in [0.15, 0.2) is 0 Å². The van der Waals surface area contributed by atoms with Crippen LogP contribution in [-0.2, 0) is 9.84 Å². The predicted octanol–water partition coefficient (Wildman–Crippen LogP) is 3.00. The van der Waals surface area contributed by atoms with Crippen LogP contribution in [0, 0.1) is 18.7 Å². The second-order valence-corrected chi connectivity index (χ2v) is 8.47. The van der Waals surface area contributed by atoms with E-state index in [0.717, 1.165) is 30.4 Å². The van der Waals surface area contributed by atoms with Gasteiger partial charge < -0.3 is 5.32 Å². The Balaban J connectivity index is 2.27. The topological polar surface area (TPSA) is 46.2 Å². The maximum absolute atomic E-state index is 13.6. The van der Waals surface area contributed by atoms with E-state index < -0.39 is 9.84 Å². The third-order valence-corrected chi connectivity index (χ3v) is 6.27. The van der Waals surface area contributed by atoms with Gasteiger partial charge in [0, 0.05) is 12.3 Å². The van der Waals surface area contributed by atoms with E-state index in [-0.39, 0.29) is 23.0 Å². The Bertz CT molecular complexity index is 600. The van der Waals surface area contributed by atoms with Gasteiger partial charge in [-0.05, 0) is 62.4 Å². The fourth-order valence-corrected chi connectivity index (χ4v) is 4.66. The Labute approximate surface area is 126 Å². The first kappa shape index (κ1) is 16.4. The summed E-state index contributed by atoms with van der Waals surface area (Å²) in [5.41, 5.74) is 1.98. The molecule has 1 aliphatic rings. The maximum atomic E-state index is 13.6. The first-order chi connectivity index (χ1) is 9.82. The van der Waals surface area contributed by atoms with Crippen LogP contribution in [0.1, 0.15) is 42.9 Å². The Morgan fingerprint density at radius 3 is 2.67 bits per heavy atom. The molecule has 1 N–H and O–H groups in total. The summed E-state index contributed by atoms with van der Waals surface area (Å²) in [4.78, 5) is 0. The van der Waals surface area contributed by atoms with Crippen molar-refractivity contribution in [3.63, 3.8) is 0 Å². The lowest BCUT2D eigenvalue weighted by Crippen LogP contribution is -2.34. The quantitative estimate of drug-likeness (QED) is 0.929. The molecule has 21 heavy (non-hydrogen) atoms. The van der Waals surface area contributed by atoms with Crippen LogP contribution < -0.4 is 5.32 Å². The Morgan fingerprint density at radius 2 is 2.05 bits per heavy atom. The first-order valence-corrected chi connectivity index (χ1v) is 9.40. The molecule has 1 aromatic rings. The van der Waals surface area contributed by atoms with E-state index in [9.17, 15) is 12.8 Å². The number of benzene rings is 1. The Morgan fingerprint density at radius 1 is 1.33 bits per heavy atom. The van der Waals surface area contributed by atoms with E-state index in [4.69, 9.17) is 0 Å². The summed E-state index contributed by atoms with van der Waals surface area (Å²) < 4.78 is 37.2. The summed E-state index contributed by atoms with van der Waals surface area (Å²) in [5, 5.41) is 3.00. The minimum absolute atomic E-state index is 0.00486. The van der Waals surface area contributed by atoms with Crippen LogP contribution in [0.25, 0.3) is 0 Å². The van der Waals surface area contributed by atoms with Crippen LogP contribution >= 0.6 is 0 Å². The second kappa shape index (κ2) is 6.44. The zero-order chi connectivity index (χ0) is 15.6. The van der Waals surface area contributed by atoms with Gasteiger partial charge in [-0.1, -0.05) is 12.5 Å². The monoisotopic (exact) mass is 313 g/mol. The van der Waals surface area contributed by atoms with E-state index in [1.807, 2.05) is 14.0 Å². The Hall–Kier alpha value is -0.940. The smallest absolute Gasteiger partial charge is 0.150 e. The molecule has 0 aromatic heterocycles. The van der Waals surface area contributed by atoms with Crippen LogP contribution in [0.3, 0.4) is 0 Å². The number of hydrogen-bond acceptors (Lipinski definition) is 3. The molecule has 1 fully saturated rings. The van der Waals surface area contributed by atoms with Crippen molar-refractivity contribution in [3.8, 4) is 0 Å². The lowest BCUT2D eigenvalue weighted by atomic mass is 9.80. The lowest BCUT2D eigenvalue weighted by molar-refractivity contribution is 0.281. The molecule has 1 aromatic carbocycles.